The number of benzene rings is 1. The van der Waals surface area contributed by atoms with Gasteiger partial charge in [0.1, 0.15) is 0 Å². The van der Waals surface area contributed by atoms with Gasteiger partial charge in [0, 0.05) is 22.8 Å². The van der Waals surface area contributed by atoms with Crippen LogP contribution in [-0.4, -0.2) is 40.5 Å². The molecule has 1 unspecified atom stereocenters. The summed E-state index contributed by atoms with van der Waals surface area (Å²) in [5, 5.41) is 29.5. The van der Waals surface area contributed by atoms with Crippen molar-refractivity contribution in [1.82, 2.24) is 0 Å². The molecule has 0 radical (unpaired) electrons. The first-order valence-corrected chi connectivity index (χ1v) is 6.05. The first kappa shape index (κ1) is 14.7. The zero-order chi connectivity index (χ0) is 13.5. The molecular formula is C12H14BrNO4. The summed E-state index contributed by atoms with van der Waals surface area (Å²) in [4.78, 5) is 10.5. The highest BCUT2D eigenvalue weighted by Gasteiger charge is 2.05. The lowest BCUT2D eigenvalue weighted by Gasteiger charge is -2.13. The van der Waals surface area contributed by atoms with Crippen LogP contribution in [0.2, 0.25) is 0 Å². The van der Waals surface area contributed by atoms with E-state index in [1.165, 1.54) is 6.08 Å². The Balaban J connectivity index is 2.86. The van der Waals surface area contributed by atoms with Crippen LogP contribution in [0.1, 0.15) is 5.56 Å². The molecule has 1 rings (SSSR count). The predicted octanol–water partition coefficient (Wildman–Crippen LogP) is 1.31. The Morgan fingerprint density at radius 2 is 2.22 bits per heavy atom. The standard InChI is InChI=1S/C12H14BrNO4/c13-9-3-1-8(2-4-12(17)18)11(5-9)14-6-10(16)7-15/h1-5,10,14-16H,6-7H2,(H,17,18). The molecule has 18 heavy (non-hydrogen) atoms. The lowest BCUT2D eigenvalue weighted by Crippen LogP contribution is -2.23. The molecule has 1 aromatic rings. The molecule has 5 nitrogen and oxygen atoms in total. The van der Waals surface area contributed by atoms with Gasteiger partial charge in [-0.1, -0.05) is 22.0 Å². The second-order valence-corrected chi connectivity index (χ2v) is 4.54. The highest BCUT2D eigenvalue weighted by Crippen LogP contribution is 2.22. The molecule has 0 saturated heterocycles. The molecule has 0 aliphatic rings. The topological polar surface area (TPSA) is 89.8 Å². The van der Waals surface area contributed by atoms with E-state index < -0.39 is 12.1 Å². The van der Waals surface area contributed by atoms with E-state index in [4.69, 9.17) is 10.2 Å². The van der Waals surface area contributed by atoms with Crippen molar-refractivity contribution in [2.24, 2.45) is 0 Å². The Bertz CT molecular complexity index is 448. The first-order chi connectivity index (χ1) is 8.52. The van der Waals surface area contributed by atoms with Crippen LogP contribution in [0.3, 0.4) is 0 Å². The number of aliphatic carboxylic acids is 1. The minimum absolute atomic E-state index is 0.181. The number of hydrogen-bond acceptors (Lipinski definition) is 4. The van der Waals surface area contributed by atoms with Crippen molar-refractivity contribution in [3.8, 4) is 0 Å². The highest BCUT2D eigenvalue weighted by atomic mass is 79.9. The third-order valence-electron chi connectivity index (χ3n) is 2.16. The van der Waals surface area contributed by atoms with Gasteiger partial charge in [-0.2, -0.15) is 0 Å². The first-order valence-electron chi connectivity index (χ1n) is 5.26. The fourth-order valence-electron chi connectivity index (χ4n) is 1.28. The maximum absolute atomic E-state index is 10.5. The summed E-state index contributed by atoms with van der Waals surface area (Å²) < 4.78 is 0.830. The van der Waals surface area contributed by atoms with E-state index in [1.54, 1.807) is 18.2 Å². The van der Waals surface area contributed by atoms with Crippen molar-refractivity contribution in [1.29, 1.82) is 0 Å². The van der Waals surface area contributed by atoms with Gasteiger partial charge in [-0.25, -0.2) is 4.79 Å². The number of anilines is 1. The number of aliphatic hydroxyl groups excluding tert-OH is 2. The fraction of sp³-hybridized carbons (Fsp3) is 0.250. The Kier molecular flexibility index (Phi) is 5.84. The van der Waals surface area contributed by atoms with Gasteiger partial charge in [0.2, 0.25) is 0 Å². The molecule has 0 bridgehead atoms. The van der Waals surface area contributed by atoms with Crippen LogP contribution >= 0.6 is 15.9 Å². The molecule has 0 aliphatic carbocycles. The van der Waals surface area contributed by atoms with E-state index >= 15 is 0 Å². The predicted molar refractivity (Wildman–Crippen MR) is 72.4 cm³/mol. The fourth-order valence-corrected chi connectivity index (χ4v) is 1.64. The molecule has 98 valence electrons. The van der Waals surface area contributed by atoms with Crippen molar-refractivity contribution >= 4 is 33.7 Å². The smallest absolute Gasteiger partial charge is 0.328 e. The van der Waals surface area contributed by atoms with Gasteiger partial charge >= 0.3 is 5.97 Å². The quantitative estimate of drug-likeness (QED) is 0.594. The number of carboxylic acid groups (broad SMARTS) is 1. The average Bonchev–Trinajstić information content (AvgIpc) is 2.34. The van der Waals surface area contributed by atoms with Crippen LogP contribution in [0.15, 0.2) is 28.7 Å². The van der Waals surface area contributed by atoms with Crippen LogP contribution < -0.4 is 5.32 Å². The summed E-state index contributed by atoms with van der Waals surface area (Å²) in [5.41, 5.74) is 1.36. The molecule has 6 heteroatoms. The van der Waals surface area contributed by atoms with Crippen molar-refractivity contribution in [3.63, 3.8) is 0 Å². The molecule has 0 spiro atoms. The van der Waals surface area contributed by atoms with Gasteiger partial charge in [-0.3, -0.25) is 0 Å². The van der Waals surface area contributed by atoms with Crippen LogP contribution in [0.4, 0.5) is 5.69 Å². The molecule has 1 atom stereocenters. The van der Waals surface area contributed by atoms with Gasteiger partial charge in [-0.05, 0) is 23.8 Å². The molecule has 0 saturated carbocycles. The number of halogens is 1. The number of nitrogens with one attached hydrogen (secondary N) is 1. The summed E-state index contributed by atoms with van der Waals surface area (Å²) in [6.07, 6.45) is 1.64. The number of carboxylic acids is 1. The van der Waals surface area contributed by atoms with Crippen molar-refractivity contribution in [2.75, 3.05) is 18.5 Å². The van der Waals surface area contributed by atoms with E-state index in [1.807, 2.05) is 0 Å². The zero-order valence-corrected chi connectivity index (χ0v) is 11.1. The molecular weight excluding hydrogens is 302 g/mol. The summed E-state index contributed by atoms with van der Waals surface area (Å²) in [7, 11) is 0. The SMILES string of the molecule is O=C(O)C=Cc1ccc(Br)cc1NCC(O)CO. The number of carbonyl (C=O) groups is 1. The van der Waals surface area contributed by atoms with Gasteiger partial charge in [-0.15, -0.1) is 0 Å². The van der Waals surface area contributed by atoms with Crippen LogP contribution in [0.25, 0.3) is 6.08 Å². The van der Waals surface area contributed by atoms with E-state index in [9.17, 15) is 9.90 Å². The highest BCUT2D eigenvalue weighted by molar-refractivity contribution is 9.10. The summed E-state index contributed by atoms with van der Waals surface area (Å²) in [6, 6.07) is 5.30. The average molecular weight is 316 g/mol. The third kappa shape index (κ3) is 4.87. The lowest BCUT2D eigenvalue weighted by atomic mass is 10.1. The Hall–Kier alpha value is -1.37. The van der Waals surface area contributed by atoms with Gasteiger partial charge in [0.15, 0.2) is 0 Å². The monoisotopic (exact) mass is 315 g/mol. The Morgan fingerprint density at radius 3 is 2.83 bits per heavy atom. The van der Waals surface area contributed by atoms with Crippen molar-refractivity contribution in [3.05, 3.63) is 34.3 Å². The van der Waals surface area contributed by atoms with Crippen LogP contribution in [0.5, 0.6) is 0 Å². The lowest BCUT2D eigenvalue weighted by molar-refractivity contribution is -0.131. The molecule has 0 amide bonds. The number of aliphatic hydroxyl groups is 2. The molecule has 0 fully saturated rings. The second kappa shape index (κ2) is 7.15. The molecule has 0 aliphatic heterocycles. The third-order valence-corrected chi connectivity index (χ3v) is 2.65. The normalized spacial score (nSPS) is 12.6. The molecule has 0 heterocycles. The summed E-state index contributed by atoms with van der Waals surface area (Å²) in [5.74, 6) is -1.03. The Labute approximate surface area is 113 Å². The van der Waals surface area contributed by atoms with E-state index in [0.717, 1.165) is 10.5 Å². The second-order valence-electron chi connectivity index (χ2n) is 3.62. The van der Waals surface area contributed by atoms with Gasteiger partial charge < -0.3 is 20.6 Å². The summed E-state index contributed by atoms with van der Waals surface area (Å²) >= 11 is 3.31. The van der Waals surface area contributed by atoms with Crippen LogP contribution in [-0.2, 0) is 4.79 Å². The maximum atomic E-state index is 10.5. The van der Waals surface area contributed by atoms with E-state index in [2.05, 4.69) is 21.2 Å². The molecule has 1 aromatic carbocycles. The summed E-state index contributed by atoms with van der Waals surface area (Å²) in [6.45, 7) is -0.151. The largest absolute Gasteiger partial charge is 0.478 e. The molecule has 4 N–H and O–H groups in total. The van der Waals surface area contributed by atoms with Gasteiger partial charge in [0.05, 0.1) is 12.7 Å². The minimum Gasteiger partial charge on any atom is -0.478 e. The maximum Gasteiger partial charge on any atom is 0.328 e. The minimum atomic E-state index is -1.03. The van der Waals surface area contributed by atoms with E-state index in [0.29, 0.717) is 11.3 Å². The molecule has 0 aromatic heterocycles. The van der Waals surface area contributed by atoms with Crippen LogP contribution in [0, 0.1) is 0 Å². The van der Waals surface area contributed by atoms with Gasteiger partial charge in [0.25, 0.3) is 0 Å². The Morgan fingerprint density at radius 1 is 1.50 bits per heavy atom. The number of hydrogen-bond donors (Lipinski definition) is 4. The zero-order valence-electron chi connectivity index (χ0n) is 9.51. The van der Waals surface area contributed by atoms with Crippen molar-refractivity contribution < 1.29 is 20.1 Å². The number of rotatable bonds is 6. The van der Waals surface area contributed by atoms with Crippen molar-refractivity contribution in [2.45, 2.75) is 6.10 Å². The van der Waals surface area contributed by atoms with E-state index in [-0.39, 0.29) is 13.2 Å².